The van der Waals surface area contributed by atoms with E-state index in [-0.39, 0.29) is 0 Å². The van der Waals surface area contributed by atoms with Crippen LogP contribution in [-0.4, -0.2) is 30.6 Å². The first-order valence-electron chi connectivity index (χ1n) is 8.17. The van der Waals surface area contributed by atoms with Crippen molar-refractivity contribution in [2.24, 2.45) is 0 Å². The average molecular weight is 297 g/mol. The third-order valence-corrected chi connectivity index (χ3v) is 5.41. The highest BCUT2D eigenvalue weighted by Crippen LogP contribution is 2.24. The van der Waals surface area contributed by atoms with E-state index in [9.17, 15) is 0 Å². The maximum atomic E-state index is 3.74. The fourth-order valence-corrected chi connectivity index (χ4v) is 3.53. The lowest BCUT2D eigenvalue weighted by Gasteiger charge is -2.22. The number of rotatable bonds is 10. The number of thiophene rings is 1. The van der Waals surface area contributed by atoms with Crippen molar-refractivity contribution in [3.63, 3.8) is 0 Å². The molecule has 1 aromatic heterocycles. The Labute approximate surface area is 129 Å². The second-order valence-corrected chi connectivity index (χ2v) is 6.82. The van der Waals surface area contributed by atoms with E-state index in [0.29, 0.717) is 12.1 Å². The molecule has 1 aromatic rings. The predicted molar refractivity (Wildman–Crippen MR) is 91.7 cm³/mol. The van der Waals surface area contributed by atoms with E-state index < -0.39 is 0 Å². The molecule has 116 valence electrons. The van der Waals surface area contributed by atoms with E-state index in [0.717, 1.165) is 6.42 Å². The molecule has 0 aliphatic carbocycles. The molecular formula is C17H32N2S. The normalized spacial score (nSPS) is 14.7. The van der Waals surface area contributed by atoms with Crippen molar-refractivity contribution >= 4 is 11.3 Å². The molecule has 0 amide bonds. The summed E-state index contributed by atoms with van der Waals surface area (Å²) in [6.07, 6.45) is 3.69. The number of aryl methyl sites for hydroxylation is 1. The molecule has 0 fully saturated rings. The Morgan fingerprint density at radius 3 is 2.40 bits per heavy atom. The van der Waals surface area contributed by atoms with Crippen LogP contribution in [0.5, 0.6) is 0 Å². The van der Waals surface area contributed by atoms with Crippen LogP contribution in [-0.2, 0) is 6.42 Å². The van der Waals surface area contributed by atoms with E-state index in [1.807, 2.05) is 11.3 Å². The minimum atomic E-state index is 0.476. The van der Waals surface area contributed by atoms with Crippen LogP contribution in [0, 0.1) is 0 Å². The van der Waals surface area contributed by atoms with Gasteiger partial charge in [0.15, 0.2) is 0 Å². The molecule has 20 heavy (non-hydrogen) atoms. The fraction of sp³-hybridized carbons (Fsp3) is 0.765. The molecule has 0 saturated carbocycles. The van der Waals surface area contributed by atoms with Crippen molar-refractivity contribution in [1.82, 2.24) is 10.2 Å². The summed E-state index contributed by atoms with van der Waals surface area (Å²) in [7, 11) is 0. The van der Waals surface area contributed by atoms with E-state index in [1.165, 1.54) is 42.2 Å². The Bertz CT molecular complexity index is 358. The minimum absolute atomic E-state index is 0.476. The quantitative estimate of drug-likeness (QED) is 0.685. The molecule has 2 nitrogen and oxygen atoms in total. The molecule has 3 heteroatoms. The Hall–Kier alpha value is -0.380. The molecule has 0 aliphatic rings. The van der Waals surface area contributed by atoms with Gasteiger partial charge in [-0.05, 0) is 64.9 Å². The van der Waals surface area contributed by atoms with Crippen molar-refractivity contribution in [2.75, 3.05) is 19.6 Å². The first-order chi connectivity index (χ1) is 9.60. The SMILES string of the molecule is CCc1ccc(C(C)NC(C)CCCN(CC)CC)s1. The summed E-state index contributed by atoms with van der Waals surface area (Å²) in [5.41, 5.74) is 0. The summed E-state index contributed by atoms with van der Waals surface area (Å²) >= 11 is 1.95. The van der Waals surface area contributed by atoms with Crippen LogP contribution >= 0.6 is 11.3 Å². The fourth-order valence-electron chi connectivity index (χ4n) is 2.57. The highest BCUT2D eigenvalue weighted by Gasteiger charge is 2.11. The summed E-state index contributed by atoms with van der Waals surface area (Å²) in [5, 5.41) is 3.74. The monoisotopic (exact) mass is 296 g/mol. The first kappa shape index (κ1) is 17.7. The molecule has 0 bridgehead atoms. The highest BCUT2D eigenvalue weighted by atomic mass is 32.1. The zero-order valence-electron chi connectivity index (χ0n) is 13.9. The molecule has 0 saturated heterocycles. The van der Waals surface area contributed by atoms with Crippen molar-refractivity contribution < 1.29 is 0 Å². The van der Waals surface area contributed by atoms with Gasteiger partial charge in [0.1, 0.15) is 0 Å². The Morgan fingerprint density at radius 1 is 1.15 bits per heavy atom. The van der Waals surface area contributed by atoms with Gasteiger partial charge in [0, 0.05) is 21.8 Å². The third-order valence-electron chi connectivity index (χ3n) is 4.00. The molecule has 2 atom stereocenters. The topological polar surface area (TPSA) is 15.3 Å². The second-order valence-electron chi connectivity index (χ2n) is 5.62. The summed E-state index contributed by atoms with van der Waals surface area (Å²) < 4.78 is 0. The Kier molecular flexibility index (Phi) is 8.43. The maximum Gasteiger partial charge on any atom is 0.0388 e. The Balaban J connectivity index is 2.29. The third kappa shape index (κ3) is 5.94. The minimum Gasteiger partial charge on any atom is -0.307 e. The van der Waals surface area contributed by atoms with Gasteiger partial charge in [-0.3, -0.25) is 0 Å². The zero-order valence-corrected chi connectivity index (χ0v) is 14.7. The summed E-state index contributed by atoms with van der Waals surface area (Å²) in [6, 6.07) is 5.61. The molecule has 1 rings (SSSR count). The van der Waals surface area contributed by atoms with Crippen molar-refractivity contribution in [2.45, 2.75) is 66.0 Å². The van der Waals surface area contributed by atoms with Crippen LogP contribution in [0.1, 0.15) is 63.3 Å². The van der Waals surface area contributed by atoms with Crippen LogP contribution in [0.3, 0.4) is 0 Å². The van der Waals surface area contributed by atoms with Gasteiger partial charge in [-0.1, -0.05) is 20.8 Å². The smallest absolute Gasteiger partial charge is 0.0388 e. The molecule has 0 spiro atoms. The first-order valence-corrected chi connectivity index (χ1v) is 8.99. The number of hydrogen-bond acceptors (Lipinski definition) is 3. The largest absolute Gasteiger partial charge is 0.307 e. The summed E-state index contributed by atoms with van der Waals surface area (Å²) in [6.45, 7) is 14.9. The van der Waals surface area contributed by atoms with Crippen LogP contribution < -0.4 is 5.32 Å². The van der Waals surface area contributed by atoms with Gasteiger partial charge in [0.25, 0.3) is 0 Å². The van der Waals surface area contributed by atoms with Gasteiger partial charge in [-0.15, -0.1) is 11.3 Å². The zero-order chi connectivity index (χ0) is 15.0. The predicted octanol–water partition coefficient (Wildman–Crippen LogP) is 4.47. The summed E-state index contributed by atoms with van der Waals surface area (Å²) in [4.78, 5) is 5.46. The lowest BCUT2D eigenvalue weighted by Crippen LogP contribution is -2.30. The van der Waals surface area contributed by atoms with E-state index >= 15 is 0 Å². The van der Waals surface area contributed by atoms with Gasteiger partial charge in [0.05, 0.1) is 0 Å². The molecule has 0 aliphatic heterocycles. The number of nitrogens with one attached hydrogen (secondary N) is 1. The molecule has 2 unspecified atom stereocenters. The van der Waals surface area contributed by atoms with Gasteiger partial charge in [0.2, 0.25) is 0 Å². The van der Waals surface area contributed by atoms with Crippen LogP contribution in [0.2, 0.25) is 0 Å². The molecule has 0 aromatic carbocycles. The molecule has 1 heterocycles. The standard InChI is InChI=1S/C17H32N2S/c1-6-16-11-12-17(20-16)15(5)18-14(4)10-9-13-19(7-2)8-3/h11-12,14-15,18H,6-10,13H2,1-5H3. The van der Waals surface area contributed by atoms with E-state index in [2.05, 4.69) is 57.0 Å². The number of nitrogens with zero attached hydrogens (tertiary/aromatic N) is 1. The van der Waals surface area contributed by atoms with Gasteiger partial charge in [-0.2, -0.15) is 0 Å². The van der Waals surface area contributed by atoms with E-state index in [4.69, 9.17) is 0 Å². The molecule has 1 N–H and O–H groups in total. The van der Waals surface area contributed by atoms with Gasteiger partial charge < -0.3 is 10.2 Å². The second kappa shape index (κ2) is 9.54. The van der Waals surface area contributed by atoms with Crippen LogP contribution in [0.15, 0.2) is 12.1 Å². The van der Waals surface area contributed by atoms with Crippen LogP contribution in [0.4, 0.5) is 0 Å². The number of hydrogen-bond donors (Lipinski definition) is 1. The van der Waals surface area contributed by atoms with Crippen molar-refractivity contribution in [3.8, 4) is 0 Å². The highest BCUT2D eigenvalue weighted by molar-refractivity contribution is 7.12. The van der Waals surface area contributed by atoms with Crippen molar-refractivity contribution in [3.05, 3.63) is 21.9 Å². The molecular weight excluding hydrogens is 264 g/mol. The summed E-state index contributed by atoms with van der Waals surface area (Å²) in [5.74, 6) is 0. The lowest BCUT2D eigenvalue weighted by molar-refractivity contribution is 0.288. The Morgan fingerprint density at radius 2 is 1.85 bits per heavy atom. The lowest BCUT2D eigenvalue weighted by atomic mass is 10.1. The van der Waals surface area contributed by atoms with Gasteiger partial charge >= 0.3 is 0 Å². The van der Waals surface area contributed by atoms with E-state index in [1.54, 1.807) is 0 Å². The van der Waals surface area contributed by atoms with Crippen LogP contribution in [0.25, 0.3) is 0 Å². The average Bonchev–Trinajstić information content (AvgIpc) is 2.92. The van der Waals surface area contributed by atoms with Crippen molar-refractivity contribution in [1.29, 1.82) is 0 Å². The van der Waals surface area contributed by atoms with Gasteiger partial charge in [-0.25, -0.2) is 0 Å². The molecule has 0 radical (unpaired) electrons. The maximum absolute atomic E-state index is 3.74.